The van der Waals surface area contributed by atoms with E-state index >= 15 is 0 Å². The summed E-state index contributed by atoms with van der Waals surface area (Å²) in [6.45, 7) is 3.10. The number of aromatic amines is 2. The summed E-state index contributed by atoms with van der Waals surface area (Å²) >= 11 is 0. The number of aromatic nitrogens is 3. The number of fused-ring (bicyclic) bond motifs is 1. The minimum absolute atomic E-state index is 0.00309. The molecule has 1 aliphatic rings. The van der Waals surface area contributed by atoms with Crippen LogP contribution in [0.5, 0.6) is 0 Å². The molecule has 0 fully saturated rings. The van der Waals surface area contributed by atoms with Crippen LogP contribution in [0.15, 0.2) is 36.5 Å². The van der Waals surface area contributed by atoms with E-state index in [1.807, 2.05) is 36.1 Å². The second kappa shape index (κ2) is 6.99. The Morgan fingerprint density at radius 2 is 2.04 bits per heavy atom. The lowest BCUT2D eigenvalue weighted by atomic mass is 9.99. The van der Waals surface area contributed by atoms with Crippen LogP contribution in [0, 0.1) is 6.92 Å². The zero-order valence-corrected chi connectivity index (χ0v) is 16.2. The number of nitrogens with one attached hydrogen (secondary N) is 2. The molecule has 2 N–H and O–H groups in total. The van der Waals surface area contributed by atoms with E-state index in [4.69, 9.17) is 0 Å². The molecule has 0 bridgehead atoms. The van der Waals surface area contributed by atoms with Crippen LogP contribution < -0.4 is 0 Å². The Hall–Kier alpha value is -3.35. The lowest BCUT2D eigenvalue weighted by molar-refractivity contribution is 0.0773. The summed E-state index contributed by atoms with van der Waals surface area (Å²) < 4.78 is 0. The van der Waals surface area contributed by atoms with Crippen LogP contribution in [0.3, 0.4) is 0 Å². The van der Waals surface area contributed by atoms with Crippen molar-refractivity contribution in [2.45, 2.75) is 13.3 Å². The normalized spacial score (nSPS) is 14.2. The molecule has 2 amide bonds. The molecule has 1 aromatic carbocycles. The van der Waals surface area contributed by atoms with Gasteiger partial charge in [-0.2, -0.15) is 5.10 Å². The van der Waals surface area contributed by atoms with Crippen LogP contribution in [0.4, 0.5) is 0 Å². The van der Waals surface area contributed by atoms with E-state index in [-0.39, 0.29) is 11.8 Å². The second-order valence-electron chi connectivity index (χ2n) is 7.34. The van der Waals surface area contributed by atoms with Gasteiger partial charge in [0.15, 0.2) is 0 Å². The quantitative estimate of drug-likeness (QED) is 0.736. The Balaban J connectivity index is 1.59. The first-order chi connectivity index (χ1) is 13.4. The number of benzene rings is 1. The zero-order valence-electron chi connectivity index (χ0n) is 16.2. The summed E-state index contributed by atoms with van der Waals surface area (Å²) in [6.07, 6.45) is 4.58. The van der Waals surface area contributed by atoms with Gasteiger partial charge in [0.25, 0.3) is 11.8 Å². The minimum atomic E-state index is -0.0538. The topological polar surface area (TPSA) is 85.1 Å². The van der Waals surface area contributed by atoms with Crippen LogP contribution in [-0.4, -0.2) is 64.0 Å². The Morgan fingerprint density at radius 1 is 1.21 bits per heavy atom. The highest BCUT2D eigenvalue weighted by molar-refractivity contribution is 5.99. The number of rotatable bonds is 3. The number of nitrogens with zero attached hydrogens (tertiary/aromatic N) is 3. The standard InChI is InChI=1S/C21H23N5O2/c1-13-17(11-22-24-13)20(27)26-8-4-5-16(12-26)14-6-7-15-10-19(21(28)25(2)3)23-18(15)9-14/h5-7,9-11,23H,4,8,12H2,1-3H3,(H,22,24). The molecule has 2 aromatic heterocycles. The fraction of sp³-hybridized carbons (Fsp3) is 0.286. The molecule has 3 heterocycles. The predicted octanol–water partition coefficient (Wildman–Crippen LogP) is 2.83. The van der Waals surface area contributed by atoms with Gasteiger partial charge in [-0.3, -0.25) is 14.7 Å². The molecule has 0 radical (unpaired) electrons. The SMILES string of the molecule is Cc1[nH]ncc1C(=O)N1CCC=C(c2ccc3cc(C(=O)N(C)C)[nH]c3c2)C1. The van der Waals surface area contributed by atoms with E-state index in [1.54, 1.807) is 25.2 Å². The third kappa shape index (κ3) is 3.19. The maximum absolute atomic E-state index is 12.8. The van der Waals surface area contributed by atoms with E-state index in [0.717, 1.165) is 34.2 Å². The predicted molar refractivity (Wildman–Crippen MR) is 108 cm³/mol. The van der Waals surface area contributed by atoms with Crippen LogP contribution in [0.25, 0.3) is 16.5 Å². The number of hydrogen-bond donors (Lipinski definition) is 2. The maximum atomic E-state index is 12.8. The Morgan fingerprint density at radius 3 is 2.75 bits per heavy atom. The van der Waals surface area contributed by atoms with Crippen LogP contribution in [0.2, 0.25) is 0 Å². The van der Waals surface area contributed by atoms with Gasteiger partial charge >= 0.3 is 0 Å². The third-order valence-corrected chi connectivity index (χ3v) is 5.13. The smallest absolute Gasteiger partial charge is 0.269 e. The van der Waals surface area contributed by atoms with Crippen molar-refractivity contribution in [3.63, 3.8) is 0 Å². The van der Waals surface area contributed by atoms with Gasteiger partial charge in [-0.1, -0.05) is 18.2 Å². The van der Waals surface area contributed by atoms with Crippen LogP contribution in [-0.2, 0) is 0 Å². The third-order valence-electron chi connectivity index (χ3n) is 5.13. The average molecular weight is 377 g/mol. The van der Waals surface area contributed by atoms with E-state index in [9.17, 15) is 9.59 Å². The molecule has 0 spiro atoms. The molecule has 0 saturated heterocycles. The summed E-state index contributed by atoms with van der Waals surface area (Å²) in [5.41, 5.74) is 5.05. The first-order valence-electron chi connectivity index (χ1n) is 9.27. The molecule has 0 aliphatic carbocycles. The van der Waals surface area contributed by atoms with Crippen molar-refractivity contribution in [2.24, 2.45) is 0 Å². The maximum Gasteiger partial charge on any atom is 0.269 e. The van der Waals surface area contributed by atoms with Gasteiger partial charge in [-0.15, -0.1) is 0 Å². The van der Waals surface area contributed by atoms with Crippen LogP contribution >= 0.6 is 0 Å². The van der Waals surface area contributed by atoms with Gasteiger partial charge in [-0.25, -0.2) is 0 Å². The average Bonchev–Trinajstić information content (AvgIpc) is 3.32. The molecule has 0 saturated carbocycles. The van der Waals surface area contributed by atoms with Crippen molar-refractivity contribution in [3.8, 4) is 0 Å². The van der Waals surface area contributed by atoms with Gasteiger partial charge < -0.3 is 14.8 Å². The molecular formula is C21H23N5O2. The number of carbonyl (C=O) groups excluding carboxylic acids is 2. The summed E-state index contributed by atoms with van der Waals surface area (Å²) in [4.78, 5) is 31.6. The Kier molecular flexibility index (Phi) is 4.50. The largest absolute Gasteiger partial charge is 0.351 e. The molecule has 1 aliphatic heterocycles. The van der Waals surface area contributed by atoms with E-state index in [0.29, 0.717) is 24.3 Å². The molecule has 0 unspecified atom stereocenters. The van der Waals surface area contributed by atoms with Gasteiger partial charge in [0.2, 0.25) is 0 Å². The molecule has 7 nitrogen and oxygen atoms in total. The Labute approximate surface area is 163 Å². The van der Waals surface area contributed by atoms with Crippen molar-refractivity contribution in [1.82, 2.24) is 25.0 Å². The highest BCUT2D eigenvalue weighted by Gasteiger charge is 2.23. The fourth-order valence-electron chi connectivity index (χ4n) is 3.55. The van der Waals surface area contributed by atoms with E-state index in [2.05, 4.69) is 21.3 Å². The summed E-state index contributed by atoms with van der Waals surface area (Å²) in [5, 5.41) is 7.77. The number of amides is 2. The number of H-pyrrole nitrogens is 2. The Bertz CT molecular complexity index is 1090. The minimum Gasteiger partial charge on any atom is -0.351 e. The summed E-state index contributed by atoms with van der Waals surface area (Å²) in [7, 11) is 3.47. The van der Waals surface area contributed by atoms with Gasteiger partial charge in [0.05, 0.1) is 11.8 Å². The molecule has 3 aromatic rings. The molecule has 144 valence electrons. The number of aryl methyl sites for hydroxylation is 1. The number of hydrogen-bond acceptors (Lipinski definition) is 3. The van der Waals surface area contributed by atoms with Gasteiger partial charge in [0.1, 0.15) is 5.69 Å². The summed E-state index contributed by atoms with van der Waals surface area (Å²) in [5.74, 6) is -0.0569. The molecule has 0 atom stereocenters. The van der Waals surface area contributed by atoms with Crippen molar-refractivity contribution >= 4 is 28.3 Å². The van der Waals surface area contributed by atoms with Crippen molar-refractivity contribution in [3.05, 3.63) is 59.1 Å². The monoisotopic (exact) mass is 377 g/mol. The van der Waals surface area contributed by atoms with E-state index < -0.39 is 0 Å². The van der Waals surface area contributed by atoms with Crippen LogP contribution in [0.1, 0.15) is 38.5 Å². The first kappa shape index (κ1) is 18.0. The zero-order chi connectivity index (χ0) is 19.8. The van der Waals surface area contributed by atoms with Crippen molar-refractivity contribution in [2.75, 3.05) is 27.2 Å². The summed E-state index contributed by atoms with van der Waals surface area (Å²) in [6, 6.07) is 7.97. The molecular weight excluding hydrogens is 354 g/mol. The highest BCUT2D eigenvalue weighted by Crippen LogP contribution is 2.26. The lowest BCUT2D eigenvalue weighted by Gasteiger charge is -2.27. The van der Waals surface area contributed by atoms with Gasteiger partial charge in [-0.05, 0) is 36.6 Å². The lowest BCUT2D eigenvalue weighted by Crippen LogP contribution is -2.35. The molecule has 7 heteroatoms. The first-order valence-corrected chi connectivity index (χ1v) is 9.27. The van der Waals surface area contributed by atoms with Crippen molar-refractivity contribution < 1.29 is 9.59 Å². The van der Waals surface area contributed by atoms with Gasteiger partial charge in [0, 0.05) is 43.8 Å². The van der Waals surface area contributed by atoms with E-state index in [1.165, 1.54) is 0 Å². The second-order valence-corrected chi connectivity index (χ2v) is 7.34. The highest BCUT2D eigenvalue weighted by atomic mass is 16.2. The van der Waals surface area contributed by atoms with Crippen molar-refractivity contribution in [1.29, 1.82) is 0 Å². The number of carbonyl (C=O) groups is 2. The molecule has 28 heavy (non-hydrogen) atoms. The fourth-order valence-corrected chi connectivity index (χ4v) is 3.55. The molecule has 4 rings (SSSR count).